The van der Waals surface area contributed by atoms with E-state index < -0.39 is 12.1 Å². The quantitative estimate of drug-likeness (QED) is 0.709. The fourth-order valence-corrected chi connectivity index (χ4v) is 4.67. The third-order valence-corrected chi connectivity index (χ3v) is 6.78. The minimum absolute atomic E-state index is 0.335. The molecule has 170 valence electrons. The first-order valence-corrected chi connectivity index (χ1v) is 11.2. The van der Waals surface area contributed by atoms with Gasteiger partial charge >= 0.3 is 12.1 Å². The van der Waals surface area contributed by atoms with Crippen LogP contribution < -0.4 is 0 Å². The van der Waals surface area contributed by atoms with Gasteiger partial charge in [-0.2, -0.15) is 13.2 Å². The molecule has 3 aliphatic rings. The summed E-state index contributed by atoms with van der Waals surface area (Å²) in [5.74, 6) is -1.91. The number of likely N-dealkylation sites (tertiary alicyclic amines) is 1. The van der Waals surface area contributed by atoms with Gasteiger partial charge < -0.3 is 14.6 Å². The zero-order valence-electron chi connectivity index (χ0n) is 17.1. The number of carbonyl (C=O) groups is 1. The van der Waals surface area contributed by atoms with Gasteiger partial charge in [-0.3, -0.25) is 4.90 Å². The maximum atomic E-state index is 10.6. The number of thiazole rings is 1. The Morgan fingerprint density at radius 1 is 1.37 bits per heavy atom. The smallest absolute Gasteiger partial charge is 0.475 e. The van der Waals surface area contributed by atoms with Crippen molar-refractivity contribution in [1.29, 1.82) is 0 Å². The first-order valence-electron chi connectivity index (χ1n) is 10.3. The number of alkyl halides is 3. The van der Waals surface area contributed by atoms with Crippen molar-refractivity contribution in [3.63, 3.8) is 0 Å². The number of halogens is 3. The summed E-state index contributed by atoms with van der Waals surface area (Å²) in [6, 6.07) is 0. The van der Waals surface area contributed by atoms with Crippen LogP contribution in [0.3, 0.4) is 0 Å². The molecular formula is C20H29F3N2O4S. The third kappa shape index (κ3) is 7.18. The summed E-state index contributed by atoms with van der Waals surface area (Å²) in [4.78, 5) is 16.0. The number of ether oxygens (including phenoxy) is 2. The summed E-state index contributed by atoms with van der Waals surface area (Å²) < 4.78 is 43.6. The van der Waals surface area contributed by atoms with E-state index in [0.717, 1.165) is 38.0 Å². The third-order valence-electron chi connectivity index (χ3n) is 5.82. The van der Waals surface area contributed by atoms with Gasteiger partial charge in [0.25, 0.3) is 0 Å². The number of aliphatic carboxylic acids is 1. The van der Waals surface area contributed by atoms with Gasteiger partial charge in [-0.25, -0.2) is 9.78 Å². The van der Waals surface area contributed by atoms with Crippen LogP contribution >= 0.6 is 11.3 Å². The molecule has 3 fully saturated rings. The maximum absolute atomic E-state index is 10.6. The van der Waals surface area contributed by atoms with Crippen molar-refractivity contribution in [3.05, 3.63) is 16.1 Å². The summed E-state index contributed by atoms with van der Waals surface area (Å²) in [6.45, 7) is 8.15. The highest BCUT2D eigenvalue weighted by Gasteiger charge is 2.42. The molecule has 0 aromatic carbocycles. The fraction of sp³-hybridized carbons (Fsp3) is 0.800. The van der Waals surface area contributed by atoms with Crippen molar-refractivity contribution >= 4 is 17.3 Å². The minimum atomic E-state index is -5.08. The van der Waals surface area contributed by atoms with Gasteiger partial charge in [0.1, 0.15) is 5.01 Å². The Morgan fingerprint density at radius 2 is 2.03 bits per heavy atom. The number of hydrogen-bond donors (Lipinski definition) is 1. The minimum Gasteiger partial charge on any atom is -0.475 e. The predicted octanol–water partition coefficient (Wildman–Crippen LogP) is 3.88. The van der Waals surface area contributed by atoms with E-state index in [1.54, 1.807) is 11.3 Å². The molecule has 1 saturated carbocycles. The molecule has 0 bridgehead atoms. The van der Waals surface area contributed by atoms with E-state index >= 15 is 0 Å². The molecule has 0 radical (unpaired) electrons. The van der Waals surface area contributed by atoms with E-state index in [4.69, 9.17) is 19.4 Å². The zero-order valence-corrected chi connectivity index (χ0v) is 17.9. The zero-order chi connectivity index (χ0) is 21.8. The Hall–Kier alpha value is -1.23. The largest absolute Gasteiger partial charge is 0.490 e. The molecule has 1 atom stereocenters. The van der Waals surface area contributed by atoms with Crippen molar-refractivity contribution in [3.8, 4) is 0 Å². The standard InChI is InChI=1S/C18H28N2O2S.C2HF3O2/c1-14-12-23-17(19-14)9-20-6-4-18(5-7-20)8-16(22-13-18)11-21-10-15-2-3-15;3-2(4,5)1(6)7/h12,15-16H,2-11,13H2,1H3;(H,6,7). The van der Waals surface area contributed by atoms with Crippen LogP contribution in [0.1, 0.15) is 42.8 Å². The van der Waals surface area contributed by atoms with Crippen molar-refractivity contribution in [2.24, 2.45) is 11.3 Å². The monoisotopic (exact) mass is 450 g/mol. The van der Waals surface area contributed by atoms with Gasteiger partial charge in [0.15, 0.2) is 0 Å². The van der Waals surface area contributed by atoms with E-state index in [1.165, 1.54) is 50.2 Å². The maximum Gasteiger partial charge on any atom is 0.490 e. The number of nitrogens with zero attached hydrogens (tertiary/aromatic N) is 2. The molecule has 2 saturated heterocycles. The predicted molar refractivity (Wildman–Crippen MR) is 105 cm³/mol. The van der Waals surface area contributed by atoms with Gasteiger partial charge in [0.2, 0.25) is 0 Å². The Balaban J connectivity index is 0.000000318. The number of piperidine rings is 1. The van der Waals surface area contributed by atoms with Crippen LogP contribution in [0.2, 0.25) is 0 Å². The second kappa shape index (κ2) is 9.93. The van der Waals surface area contributed by atoms with E-state index in [2.05, 4.69) is 22.2 Å². The van der Waals surface area contributed by atoms with E-state index in [9.17, 15) is 13.2 Å². The molecule has 1 unspecified atom stereocenters. The summed E-state index contributed by atoms with van der Waals surface area (Å²) in [7, 11) is 0. The van der Waals surface area contributed by atoms with Crippen LogP contribution in [0.5, 0.6) is 0 Å². The topological polar surface area (TPSA) is 71.9 Å². The van der Waals surface area contributed by atoms with Crippen molar-refractivity contribution in [2.75, 3.05) is 32.9 Å². The van der Waals surface area contributed by atoms with Gasteiger partial charge in [0.05, 0.1) is 25.9 Å². The number of carboxylic acids is 1. The first kappa shape index (κ1) is 23.4. The van der Waals surface area contributed by atoms with E-state index in [1.807, 2.05) is 0 Å². The molecule has 1 N–H and O–H groups in total. The van der Waals surface area contributed by atoms with Gasteiger partial charge in [0, 0.05) is 17.7 Å². The second-order valence-electron chi connectivity index (χ2n) is 8.58. The Morgan fingerprint density at radius 3 is 2.57 bits per heavy atom. The molecule has 1 aromatic heterocycles. The number of hydrogen-bond acceptors (Lipinski definition) is 6. The average molecular weight is 451 g/mol. The normalized spacial score (nSPS) is 23.9. The number of aryl methyl sites for hydroxylation is 1. The fourth-order valence-electron chi connectivity index (χ4n) is 3.85. The lowest BCUT2D eigenvalue weighted by Crippen LogP contribution is -2.40. The highest BCUT2D eigenvalue weighted by Crippen LogP contribution is 2.42. The molecule has 1 aromatic rings. The molecular weight excluding hydrogens is 421 g/mol. The van der Waals surface area contributed by atoms with Crippen LogP contribution in [0.4, 0.5) is 13.2 Å². The van der Waals surface area contributed by atoms with Crippen LogP contribution in [0, 0.1) is 18.3 Å². The molecule has 0 amide bonds. The molecule has 10 heteroatoms. The van der Waals surface area contributed by atoms with Gasteiger partial charge in [-0.05, 0) is 63.5 Å². The highest BCUT2D eigenvalue weighted by atomic mass is 32.1. The molecule has 1 spiro atoms. The number of rotatable bonds is 6. The lowest BCUT2D eigenvalue weighted by molar-refractivity contribution is -0.192. The summed E-state index contributed by atoms with van der Waals surface area (Å²) in [6.07, 6.45) is 1.70. The number of aromatic nitrogens is 1. The van der Waals surface area contributed by atoms with Crippen LogP contribution in [-0.4, -0.2) is 66.2 Å². The van der Waals surface area contributed by atoms with Crippen molar-refractivity contribution < 1.29 is 32.5 Å². The summed E-state index contributed by atoms with van der Waals surface area (Å²) >= 11 is 1.79. The number of carboxylic acid groups (broad SMARTS) is 1. The summed E-state index contributed by atoms with van der Waals surface area (Å²) in [5, 5.41) is 10.5. The molecule has 2 aliphatic heterocycles. The lowest BCUT2D eigenvalue weighted by Gasteiger charge is -2.38. The molecule has 1 aliphatic carbocycles. The van der Waals surface area contributed by atoms with Gasteiger partial charge in [-0.1, -0.05) is 0 Å². The lowest BCUT2D eigenvalue weighted by atomic mass is 9.77. The Bertz CT molecular complexity index is 700. The van der Waals surface area contributed by atoms with Crippen LogP contribution in [0.15, 0.2) is 5.38 Å². The van der Waals surface area contributed by atoms with E-state index in [-0.39, 0.29) is 0 Å². The van der Waals surface area contributed by atoms with Crippen molar-refractivity contribution in [2.45, 2.75) is 57.9 Å². The van der Waals surface area contributed by atoms with Crippen LogP contribution in [0.25, 0.3) is 0 Å². The van der Waals surface area contributed by atoms with E-state index in [0.29, 0.717) is 11.5 Å². The SMILES string of the molecule is Cc1csc(CN2CCC3(CC2)COC(COCC2CC2)C3)n1.O=C(O)C(F)(F)F. The molecule has 3 heterocycles. The molecule has 4 rings (SSSR count). The average Bonchev–Trinajstić information content (AvgIpc) is 3.29. The molecule has 30 heavy (non-hydrogen) atoms. The first-order chi connectivity index (χ1) is 14.2. The Kier molecular flexibility index (Phi) is 7.76. The van der Waals surface area contributed by atoms with Crippen molar-refractivity contribution in [1.82, 2.24) is 9.88 Å². The highest BCUT2D eigenvalue weighted by molar-refractivity contribution is 7.09. The molecule has 6 nitrogen and oxygen atoms in total. The Labute approximate surface area is 178 Å². The summed E-state index contributed by atoms with van der Waals surface area (Å²) in [5.41, 5.74) is 1.57. The van der Waals surface area contributed by atoms with Crippen LogP contribution in [-0.2, 0) is 20.8 Å². The second-order valence-corrected chi connectivity index (χ2v) is 9.52. The van der Waals surface area contributed by atoms with Gasteiger partial charge in [-0.15, -0.1) is 11.3 Å².